The molecular formula is C16H22N2O3. The number of rotatable bonds is 3. The van der Waals surface area contributed by atoms with Crippen LogP contribution >= 0.6 is 0 Å². The summed E-state index contributed by atoms with van der Waals surface area (Å²) in [6, 6.07) is 8.78. The Morgan fingerprint density at radius 2 is 1.81 bits per heavy atom. The lowest BCUT2D eigenvalue weighted by molar-refractivity contribution is -0.142. The van der Waals surface area contributed by atoms with E-state index in [-0.39, 0.29) is 12.1 Å². The van der Waals surface area contributed by atoms with Gasteiger partial charge in [0, 0.05) is 18.8 Å². The van der Waals surface area contributed by atoms with E-state index in [0.29, 0.717) is 6.42 Å². The summed E-state index contributed by atoms with van der Waals surface area (Å²) < 4.78 is 0. The minimum Gasteiger partial charge on any atom is -0.481 e. The number of benzene rings is 1. The summed E-state index contributed by atoms with van der Waals surface area (Å²) in [5.41, 5.74) is 0.787. The number of carboxylic acid groups (broad SMARTS) is 1. The molecule has 0 heterocycles. The van der Waals surface area contributed by atoms with Gasteiger partial charge < -0.3 is 10.4 Å². The van der Waals surface area contributed by atoms with Gasteiger partial charge in [0.25, 0.3) is 0 Å². The van der Waals surface area contributed by atoms with E-state index < -0.39 is 11.9 Å². The first-order valence-electron chi connectivity index (χ1n) is 7.41. The first kappa shape index (κ1) is 15.4. The third-order valence-corrected chi connectivity index (χ3v) is 4.09. The summed E-state index contributed by atoms with van der Waals surface area (Å²) in [6.45, 7) is 0. The molecule has 2 N–H and O–H groups in total. The Morgan fingerprint density at radius 3 is 2.48 bits per heavy atom. The van der Waals surface area contributed by atoms with E-state index in [4.69, 9.17) is 0 Å². The Morgan fingerprint density at radius 1 is 1.14 bits per heavy atom. The van der Waals surface area contributed by atoms with Crippen molar-refractivity contribution in [1.82, 2.24) is 5.32 Å². The lowest BCUT2D eigenvalue weighted by atomic mass is 9.95. The third kappa shape index (κ3) is 3.97. The van der Waals surface area contributed by atoms with Crippen LogP contribution in [0, 0.1) is 5.92 Å². The predicted molar refractivity (Wildman–Crippen MR) is 81.4 cm³/mol. The molecule has 1 aromatic rings. The largest absolute Gasteiger partial charge is 0.481 e. The van der Waals surface area contributed by atoms with Crippen LogP contribution in [0.1, 0.15) is 32.1 Å². The highest BCUT2D eigenvalue weighted by atomic mass is 16.4. The lowest BCUT2D eigenvalue weighted by Crippen LogP contribution is -2.47. The number of aliphatic carboxylic acids is 1. The maximum atomic E-state index is 12.3. The molecule has 2 amide bonds. The van der Waals surface area contributed by atoms with Crippen LogP contribution in [-0.2, 0) is 4.79 Å². The molecule has 1 saturated carbocycles. The second-order valence-electron chi connectivity index (χ2n) is 5.53. The normalized spacial score (nSPS) is 22.1. The van der Waals surface area contributed by atoms with Gasteiger partial charge >= 0.3 is 12.0 Å². The zero-order chi connectivity index (χ0) is 15.2. The van der Waals surface area contributed by atoms with Crippen molar-refractivity contribution < 1.29 is 14.7 Å². The molecule has 0 spiro atoms. The third-order valence-electron chi connectivity index (χ3n) is 4.09. The second kappa shape index (κ2) is 7.11. The van der Waals surface area contributed by atoms with Crippen LogP contribution in [0.2, 0.25) is 0 Å². The van der Waals surface area contributed by atoms with Crippen LogP contribution in [0.15, 0.2) is 30.3 Å². The van der Waals surface area contributed by atoms with Gasteiger partial charge in [-0.25, -0.2) is 4.79 Å². The van der Waals surface area contributed by atoms with E-state index >= 15 is 0 Å². The molecule has 2 atom stereocenters. The number of carbonyl (C=O) groups is 2. The van der Waals surface area contributed by atoms with Gasteiger partial charge in [-0.15, -0.1) is 0 Å². The van der Waals surface area contributed by atoms with Gasteiger partial charge in [0.1, 0.15) is 0 Å². The number of para-hydroxylation sites is 1. The van der Waals surface area contributed by atoms with Gasteiger partial charge in [-0.1, -0.05) is 37.5 Å². The van der Waals surface area contributed by atoms with Crippen LogP contribution in [-0.4, -0.2) is 30.2 Å². The van der Waals surface area contributed by atoms with Gasteiger partial charge in [-0.05, 0) is 25.0 Å². The monoisotopic (exact) mass is 290 g/mol. The predicted octanol–water partition coefficient (Wildman–Crippen LogP) is 2.87. The summed E-state index contributed by atoms with van der Waals surface area (Å²) in [7, 11) is 1.69. The molecule has 2 rings (SSSR count). The van der Waals surface area contributed by atoms with E-state index in [1.807, 2.05) is 30.3 Å². The smallest absolute Gasteiger partial charge is 0.321 e. The average molecular weight is 290 g/mol. The molecule has 1 aliphatic carbocycles. The molecule has 0 aromatic heterocycles. The van der Waals surface area contributed by atoms with Crippen molar-refractivity contribution in [2.75, 3.05) is 11.9 Å². The van der Waals surface area contributed by atoms with E-state index in [0.717, 1.165) is 31.4 Å². The first-order valence-corrected chi connectivity index (χ1v) is 7.41. The zero-order valence-electron chi connectivity index (χ0n) is 12.3. The highest BCUT2D eigenvalue weighted by Gasteiger charge is 2.31. The quantitative estimate of drug-likeness (QED) is 0.841. The number of anilines is 1. The van der Waals surface area contributed by atoms with Crippen molar-refractivity contribution in [2.24, 2.45) is 5.92 Å². The number of hydrogen-bond acceptors (Lipinski definition) is 2. The Labute approximate surface area is 125 Å². The number of nitrogens with one attached hydrogen (secondary N) is 1. The van der Waals surface area contributed by atoms with Crippen molar-refractivity contribution >= 4 is 17.7 Å². The number of hydrogen-bond donors (Lipinski definition) is 2. The molecular weight excluding hydrogens is 268 g/mol. The topological polar surface area (TPSA) is 69.6 Å². The number of carboxylic acids is 1. The van der Waals surface area contributed by atoms with Crippen molar-refractivity contribution in [1.29, 1.82) is 0 Å². The van der Waals surface area contributed by atoms with Crippen molar-refractivity contribution in [3.05, 3.63) is 30.3 Å². The Bertz CT molecular complexity index is 490. The SMILES string of the molecule is CN(C(=O)NC1CCCCCC1C(=O)O)c1ccccc1. The molecule has 0 saturated heterocycles. The first-order chi connectivity index (χ1) is 10.1. The molecule has 5 nitrogen and oxygen atoms in total. The minimum atomic E-state index is -0.815. The Kier molecular flexibility index (Phi) is 5.20. The van der Waals surface area contributed by atoms with Crippen LogP contribution in [0.3, 0.4) is 0 Å². The average Bonchev–Trinajstić information content (AvgIpc) is 2.72. The summed E-state index contributed by atoms with van der Waals surface area (Å²) >= 11 is 0. The van der Waals surface area contributed by atoms with E-state index in [9.17, 15) is 14.7 Å². The van der Waals surface area contributed by atoms with Crippen molar-refractivity contribution in [3.8, 4) is 0 Å². The van der Waals surface area contributed by atoms with Crippen LogP contribution < -0.4 is 10.2 Å². The fourth-order valence-electron chi connectivity index (χ4n) is 2.80. The van der Waals surface area contributed by atoms with Crippen LogP contribution in [0.5, 0.6) is 0 Å². The standard InChI is InChI=1S/C16H22N2O3/c1-18(12-8-4-2-5-9-12)16(21)17-14-11-7-3-6-10-13(14)15(19)20/h2,4-5,8-9,13-14H,3,6-7,10-11H2,1H3,(H,17,21)(H,19,20). The maximum absolute atomic E-state index is 12.3. The maximum Gasteiger partial charge on any atom is 0.321 e. The van der Waals surface area contributed by atoms with Gasteiger partial charge in [0.2, 0.25) is 0 Å². The molecule has 5 heteroatoms. The van der Waals surface area contributed by atoms with Gasteiger partial charge in [0.15, 0.2) is 0 Å². The zero-order valence-corrected chi connectivity index (χ0v) is 12.3. The highest BCUT2D eigenvalue weighted by molar-refractivity contribution is 5.91. The fraction of sp³-hybridized carbons (Fsp3) is 0.500. The van der Waals surface area contributed by atoms with E-state index in [1.54, 1.807) is 7.05 Å². The molecule has 114 valence electrons. The van der Waals surface area contributed by atoms with E-state index in [2.05, 4.69) is 5.32 Å². The van der Waals surface area contributed by atoms with E-state index in [1.165, 1.54) is 4.90 Å². The molecule has 0 aliphatic heterocycles. The van der Waals surface area contributed by atoms with Gasteiger partial charge in [-0.3, -0.25) is 9.69 Å². The van der Waals surface area contributed by atoms with Crippen molar-refractivity contribution in [3.63, 3.8) is 0 Å². The summed E-state index contributed by atoms with van der Waals surface area (Å²) in [4.78, 5) is 25.2. The minimum absolute atomic E-state index is 0.251. The molecule has 1 fully saturated rings. The van der Waals surface area contributed by atoms with Crippen molar-refractivity contribution in [2.45, 2.75) is 38.1 Å². The lowest BCUT2D eigenvalue weighted by Gasteiger charge is -2.26. The molecule has 1 aliphatic rings. The fourth-order valence-corrected chi connectivity index (χ4v) is 2.80. The van der Waals surface area contributed by atoms with Gasteiger partial charge in [-0.2, -0.15) is 0 Å². The number of nitrogens with zero attached hydrogens (tertiary/aromatic N) is 1. The molecule has 21 heavy (non-hydrogen) atoms. The summed E-state index contributed by atoms with van der Waals surface area (Å²) in [6.07, 6.45) is 4.27. The highest BCUT2D eigenvalue weighted by Crippen LogP contribution is 2.24. The molecule has 0 bridgehead atoms. The Balaban J connectivity index is 2.04. The number of carbonyl (C=O) groups excluding carboxylic acids is 1. The summed E-state index contributed by atoms with van der Waals surface area (Å²) in [5, 5.41) is 12.2. The number of urea groups is 1. The van der Waals surface area contributed by atoms with Crippen LogP contribution in [0.25, 0.3) is 0 Å². The molecule has 2 unspecified atom stereocenters. The van der Waals surface area contributed by atoms with Crippen LogP contribution in [0.4, 0.5) is 10.5 Å². The second-order valence-corrected chi connectivity index (χ2v) is 5.53. The molecule has 1 aromatic carbocycles. The Hall–Kier alpha value is -2.04. The number of amides is 2. The van der Waals surface area contributed by atoms with Gasteiger partial charge in [0.05, 0.1) is 5.92 Å². The molecule has 0 radical (unpaired) electrons. The summed E-state index contributed by atoms with van der Waals surface area (Å²) in [5.74, 6) is -1.30.